The largest absolute Gasteiger partial charge is 0.469 e. The third-order valence-corrected chi connectivity index (χ3v) is 5.78. The van der Waals surface area contributed by atoms with Crippen molar-refractivity contribution in [2.75, 3.05) is 22.8 Å². The molecule has 1 saturated heterocycles. The second-order valence-corrected chi connectivity index (χ2v) is 8.15. The molecule has 0 bridgehead atoms. The molecular formula is C17H16N6O7S. The van der Waals surface area contributed by atoms with Crippen LogP contribution in [0.4, 0.5) is 22.1 Å². The Kier molecular flexibility index (Phi) is 5.29. The summed E-state index contributed by atoms with van der Waals surface area (Å²) < 4.78 is 37.5. The highest BCUT2D eigenvalue weighted by atomic mass is 32.2. The maximum absolute atomic E-state index is 12.7. The number of aromatic nitrogens is 3. The van der Waals surface area contributed by atoms with E-state index in [-0.39, 0.29) is 29.7 Å². The number of cyclic esters (lactones) is 1. The summed E-state index contributed by atoms with van der Waals surface area (Å²) in [5.74, 6) is 0.972. The van der Waals surface area contributed by atoms with Crippen molar-refractivity contribution in [2.45, 2.75) is 17.7 Å². The van der Waals surface area contributed by atoms with Crippen LogP contribution in [0, 0.1) is 10.1 Å². The quantitative estimate of drug-likeness (QED) is 0.385. The highest BCUT2D eigenvalue weighted by Gasteiger charge is 2.31. The van der Waals surface area contributed by atoms with Gasteiger partial charge in [0, 0.05) is 18.9 Å². The van der Waals surface area contributed by atoms with Crippen LogP contribution in [0.25, 0.3) is 0 Å². The number of ether oxygens (including phenoxy) is 1. The molecule has 3 heterocycles. The first kappa shape index (κ1) is 20.3. The molecule has 1 aliphatic heterocycles. The number of aryl methyl sites for hydroxylation is 2. The van der Waals surface area contributed by atoms with Crippen molar-refractivity contribution in [3.8, 4) is 0 Å². The summed E-state index contributed by atoms with van der Waals surface area (Å²) in [5, 5.41) is 17.9. The minimum Gasteiger partial charge on any atom is -0.469 e. The number of nitro groups is 1. The standard InChI is InChI=1S/C17H16N6O7S/c24-17-22(7-9-30-17)13-5-4-12(10-14(13)23(25)26)31(27,28)21-16-18-15(19-20-16)6-3-11-2-1-8-29-11/h1-2,4-5,8,10H,3,6-7,9H2,(H2,18,19,20,21). The number of sulfonamides is 1. The Morgan fingerprint density at radius 1 is 1.29 bits per heavy atom. The maximum Gasteiger partial charge on any atom is 0.414 e. The third kappa shape index (κ3) is 4.32. The molecular weight excluding hydrogens is 432 g/mol. The molecule has 31 heavy (non-hydrogen) atoms. The van der Waals surface area contributed by atoms with E-state index < -0.39 is 26.7 Å². The molecule has 13 nitrogen and oxygen atoms in total. The van der Waals surface area contributed by atoms with Gasteiger partial charge in [0.15, 0.2) is 0 Å². The first-order chi connectivity index (χ1) is 14.8. The zero-order valence-corrected chi connectivity index (χ0v) is 16.7. The van der Waals surface area contributed by atoms with Gasteiger partial charge in [-0.25, -0.2) is 17.9 Å². The number of aromatic amines is 1. The molecule has 1 aliphatic rings. The van der Waals surface area contributed by atoms with E-state index in [1.165, 1.54) is 6.07 Å². The summed E-state index contributed by atoms with van der Waals surface area (Å²) in [4.78, 5) is 27.2. The molecule has 1 aromatic carbocycles. The lowest BCUT2D eigenvalue weighted by Crippen LogP contribution is -2.24. The van der Waals surface area contributed by atoms with Gasteiger partial charge in [-0.15, -0.1) is 5.10 Å². The van der Waals surface area contributed by atoms with E-state index in [1.807, 2.05) is 0 Å². The van der Waals surface area contributed by atoms with Crippen molar-refractivity contribution in [1.29, 1.82) is 0 Å². The van der Waals surface area contributed by atoms with Gasteiger partial charge >= 0.3 is 6.09 Å². The lowest BCUT2D eigenvalue weighted by Gasteiger charge is -2.13. The SMILES string of the molecule is O=C1OCCN1c1ccc(S(=O)(=O)Nc2n[nH]c(CCc3ccco3)n2)cc1[N+](=O)[O-]. The van der Waals surface area contributed by atoms with Crippen molar-refractivity contribution in [2.24, 2.45) is 0 Å². The average Bonchev–Trinajstić information content (AvgIpc) is 3.48. The van der Waals surface area contributed by atoms with E-state index in [9.17, 15) is 23.3 Å². The van der Waals surface area contributed by atoms with Crippen molar-refractivity contribution < 1.29 is 27.3 Å². The number of H-pyrrole nitrogens is 1. The topological polar surface area (TPSA) is 174 Å². The zero-order valence-electron chi connectivity index (χ0n) is 15.8. The van der Waals surface area contributed by atoms with Crippen LogP contribution < -0.4 is 9.62 Å². The van der Waals surface area contributed by atoms with Gasteiger partial charge in [0.25, 0.3) is 21.7 Å². The van der Waals surface area contributed by atoms with Crippen molar-refractivity contribution in [1.82, 2.24) is 15.2 Å². The van der Waals surface area contributed by atoms with Gasteiger partial charge < -0.3 is 9.15 Å². The van der Waals surface area contributed by atoms with E-state index in [4.69, 9.17) is 9.15 Å². The van der Waals surface area contributed by atoms with Crippen molar-refractivity contribution >= 4 is 33.4 Å². The second kappa shape index (κ2) is 8.06. The Balaban J connectivity index is 1.52. The number of nitrogens with one attached hydrogen (secondary N) is 2. The van der Waals surface area contributed by atoms with Crippen LogP contribution >= 0.6 is 0 Å². The minimum atomic E-state index is -4.22. The van der Waals surface area contributed by atoms with Crippen LogP contribution in [0.3, 0.4) is 0 Å². The number of furan rings is 1. The van der Waals surface area contributed by atoms with Gasteiger partial charge in [0.1, 0.15) is 23.9 Å². The molecule has 0 radical (unpaired) electrons. The highest BCUT2D eigenvalue weighted by Crippen LogP contribution is 2.32. The highest BCUT2D eigenvalue weighted by molar-refractivity contribution is 7.92. The summed E-state index contributed by atoms with van der Waals surface area (Å²) in [7, 11) is -4.22. The number of anilines is 2. The molecule has 0 atom stereocenters. The van der Waals surface area contributed by atoms with Gasteiger partial charge in [-0.1, -0.05) is 0 Å². The zero-order chi connectivity index (χ0) is 22.0. The van der Waals surface area contributed by atoms with Crippen LogP contribution in [-0.2, 0) is 27.6 Å². The van der Waals surface area contributed by atoms with E-state index in [0.29, 0.717) is 18.7 Å². The summed E-state index contributed by atoms with van der Waals surface area (Å²) >= 11 is 0. The summed E-state index contributed by atoms with van der Waals surface area (Å²) in [6.45, 7) is 0.215. The molecule has 3 aromatic rings. The van der Waals surface area contributed by atoms with E-state index in [0.717, 1.165) is 22.8 Å². The van der Waals surface area contributed by atoms with Crippen LogP contribution in [-0.4, -0.2) is 47.8 Å². The number of hydrogen-bond donors (Lipinski definition) is 2. The van der Waals surface area contributed by atoms with Crippen LogP contribution in [0.2, 0.25) is 0 Å². The molecule has 1 amide bonds. The predicted molar refractivity (Wildman–Crippen MR) is 105 cm³/mol. The first-order valence-electron chi connectivity index (χ1n) is 9.03. The van der Waals surface area contributed by atoms with Gasteiger partial charge in [-0.05, 0) is 24.3 Å². The molecule has 2 aromatic heterocycles. The lowest BCUT2D eigenvalue weighted by molar-refractivity contribution is -0.384. The molecule has 0 unspecified atom stereocenters. The Morgan fingerprint density at radius 2 is 2.13 bits per heavy atom. The fourth-order valence-corrected chi connectivity index (χ4v) is 3.95. The number of hydrogen-bond acceptors (Lipinski definition) is 9. The fraction of sp³-hybridized carbons (Fsp3) is 0.235. The number of nitrogens with zero attached hydrogens (tertiary/aromatic N) is 4. The number of amides is 1. The van der Waals surface area contributed by atoms with Gasteiger partial charge in [-0.2, -0.15) is 4.98 Å². The van der Waals surface area contributed by atoms with Gasteiger partial charge in [-0.3, -0.25) is 20.1 Å². The van der Waals surface area contributed by atoms with Crippen LogP contribution in [0.1, 0.15) is 11.6 Å². The maximum atomic E-state index is 12.7. The summed E-state index contributed by atoms with van der Waals surface area (Å²) in [5.41, 5.74) is -0.597. The summed E-state index contributed by atoms with van der Waals surface area (Å²) in [6.07, 6.45) is 1.79. The molecule has 162 valence electrons. The second-order valence-electron chi connectivity index (χ2n) is 6.46. The molecule has 0 aliphatic carbocycles. The van der Waals surface area contributed by atoms with Crippen molar-refractivity contribution in [3.63, 3.8) is 0 Å². The Morgan fingerprint density at radius 3 is 2.81 bits per heavy atom. The van der Waals surface area contributed by atoms with Gasteiger partial charge in [0.2, 0.25) is 0 Å². The Labute approximate surface area is 175 Å². The fourth-order valence-electron chi connectivity index (χ4n) is 2.99. The number of nitro benzene ring substituents is 1. The molecule has 14 heteroatoms. The minimum absolute atomic E-state index is 0.0513. The van der Waals surface area contributed by atoms with Gasteiger partial charge in [0.05, 0.1) is 22.6 Å². The van der Waals surface area contributed by atoms with E-state index >= 15 is 0 Å². The molecule has 0 saturated carbocycles. The average molecular weight is 448 g/mol. The monoisotopic (exact) mass is 448 g/mol. The molecule has 4 rings (SSSR count). The third-order valence-electron chi connectivity index (χ3n) is 4.45. The molecule has 0 spiro atoms. The van der Waals surface area contributed by atoms with Crippen LogP contribution in [0.5, 0.6) is 0 Å². The number of carbonyl (C=O) groups is 1. The smallest absolute Gasteiger partial charge is 0.414 e. The first-order valence-corrected chi connectivity index (χ1v) is 10.5. The van der Waals surface area contributed by atoms with Crippen molar-refractivity contribution in [3.05, 3.63) is 58.3 Å². The predicted octanol–water partition coefficient (Wildman–Crippen LogP) is 1.85. The number of benzene rings is 1. The normalized spacial score (nSPS) is 13.9. The van der Waals surface area contributed by atoms with E-state index in [2.05, 4.69) is 19.9 Å². The number of rotatable bonds is 8. The Bertz CT molecular complexity index is 1220. The van der Waals surface area contributed by atoms with Crippen LogP contribution in [0.15, 0.2) is 45.9 Å². The summed E-state index contributed by atoms with van der Waals surface area (Å²) in [6, 6.07) is 6.77. The number of carbonyl (C=O) groups excluding carboxylic acids is 1. The molecule has 2 N–H and O–H groups in total. The van der Waals surface area contributed by atoms with E-state index in [1.54, 1.807) is 18.4 Å². The Hall–Kier alpha value is -3.94. The lowest BCUT2D eigenvalue weighted by atomic mass is 10.2. The molecule has 1 fully saturated rings.